The van der Waals surface area contributed by atoms with Crippen molar-refractivity contribution in [3.63, 3.8) is 0 Å². The number of aromatic nitrogens is 2. The lowest BCUT2D eigenvalue weighted by molar-refractivity contribution is -0.123. The number of piperazine rings is 1. The molecule has 7 heteroatoms. The molecule has 0 bridgehead atoms. The number of hydrogen-bond acceptors (Lipinski definition) is 3. The second-order valence-electron chi connectivity index (χ2n) is 3.59. The molecule has 1 aliphatic rings. The summed E-state index contributed by atoms with van der Waals surface area (Å²) >= 11 is 2.07. The number of aryl methyl sites for hydroxylation is 1. The van der Waals surface area contributed by atoms with Crippen molar-refractivity contribution in [2.75, 3.05) is 19.6 Å². The molecule has 0 atom stereocenters. The molecule has 2 rings (SSSR count). The molecule has 0 spiro atoms. The number of halogens is 1. The van der Waals surface area contributed by atoms with Crippen molar-refractivity contribution >= 4 is 34.4 Å². The molecule has 0 radical (unpaired) electrons. The second-order valence-corrected chi connectivity index (χ2v) is 4.67. The zero-order valence-corrected chi connectivity index (χ0v) is 10.9. The Hall–Kier alpha value is -1.12. The molecule has 1 aromatic rings. The van der Waals surface area contributed by atoms with Crippen LogP contribution in [0.1, 0.15) is 16.2 Å². The Bertz CT molecular complexity index is 443. The van der Waals surface area contributed by atoms with Crippen LogP contribution in [0.2, 0.25) is 0 Å². The molecule has 86 valence electrons. The Morgan fingerprint density at radius 3 is 2.88 bits per heavy atom. The van der Waals surface area contributed by atoms with Gasteiger partial charge in [-0.3, -0.25) is 14.7 Å². The molecule has 6 nitrogen and oxygen atoms in total. The van der Waals surface area contributed by atoms with Gasteiger partial charge in [-0.1, -0.05) is 0 Å². The van der Waals surface area contributed by atoms with Crippen molar-refractivity contribution in [3.8, 4) is 0 Å². The molecule has 2 amide bonds. The second kappa shape index (κ2) is 4.40. The fourth-order valence-electron chi connectivity index (χ4n) is 1.52. The molecule has 1 fully saturated rings. The predicted molar refractivity (Wildman–Crippen MR) is 65.0 cm³/mol. The number of rotatable bonds is 1. The number of hydrogen-bond donors (Lipinski definition) is 2. The molecule has 1 aliphatic heterocycles. The van der Waals surface area contributed by atoms with E-state index in [0.717, 1.165) is 9.26 Å². The minimum absolute atomic E-state index is 0.112. The summed E-state index contributed by atoms with van der Waals surface area (Å²) in [6.07, 6.45) is 0. The van der Waals surface area contributed by atoms with Gasteiger partial charge >= 0.3 is 0 Å². The van der Waals surface area contributed by atoms with Gasteiger partial charge in [0.05, 0.1) is 10.1 Å². The van der Waals surface area contributed by atoms with Crippen LogP contribution < -0.4 is 5.32 Å². The molecule has 0 unspecified atom stereocenters. The van der Waals surface area contributed by atoms with Crippen LogP contribution in [0.15, 0.2) is 0 Å². The number of amides is 2. The summed E-state index contributed by atoms with van der Waals surface area (Å²) in [5, 5.41) is 9.40. The zero-order chi connectivity index (χ0) is 11.7. The van der Waals surface area contributed by atoms with Crippen molar-refractivity contribution < 1.29 is 9.59 Å². The quantitative estimate of drug-likeness (QED) is 0.704. The van der Waals surface area contributed by atoms with Crippen molar-refractivity contribution in [3.05, 3.63) is 15.0 Å². The van der Waals surface area contributed by atoms with Gasteiger partial charge in [-0.25, -0.2) is 0 Å². The van der Waals surface area contributed by atoms with Crippen LogP contribution in [-0.4, -0.2) is 46.5 Å². The molecular formula is C9H11IN4O2. The Morgan fingerprint density at radius 1 is 1.56 bits per heavy atom. The average molecular weight is 334 g/mol. The Morgan fingerprint density at radius 2 is 2.31 bits per heavy atom. The van der Waals surface area contributed by atoms with Crippen molar-refractivity contribution in [2.45, 2.75) is 6.92 Å². The third-order valence-electron chi connectivity index (χ3n) is 2.40. The van der Waals surface area contributed by atoms with Gasteiger partial charge in [-0.05, 0) is 29.5 Å². The summed E-state index contributed by atoms with van der Waals surface area (Å²) < 4.78 is 0.814. The summed E-state index contributed by atoms with van der Waals surface area (Å²) in [4.78, 5) is 24.7. The summed E-state index contributed by atoms with van der Waals surface area (Å²) in [6.45, 7) is 3.01. The summed E-state index contributed by atoms with van der Waals surface area (Å²) in [6, 6.07) is 0. The van der Waals surface area contributed by atoms with E-state index in [9.17, 15) is 9.59 Å². The van der Waals surface area contributed by atoms with Gasteiger partial charge in [0.2, 0.25) is 5.91 Å². The lowest BCUT2D eigenvalue weighted by Crippen LogP contribution is -2.50. The third-order valence-corrected chi connectivity index (χ3v) is 3.72. The largest absolute Gasteiger partial charge is 0.353 e. The first-order valence-electron chi connectivity index (χ1n) is 4.86. The third kappa shape index (κ3) is 2.04. The van der Waals surface area contributed by atoms with Crippen LogP contribution in [0.5, 0.6) is 0 Å². The molecule has 0 aliphatic carbocycles. The topological polar surface area (TPSA) is 78.1 Å². The highest BCUT2D eigenvalue weighted by molar-refractivity contribution is 14.1. The van der Waals surface area contributed by atoms with Crippen LogP contribution in [-0.2, 0) is 4.79 Å². The predicted octanol–water partition coefficient (Wildman–Crippen LogP) is -0.105. The number of carbonyl (C=O) groups is 2. The minimum Gasteiger partial charge on any atom is -0.353 e. The van der Waals surface area contributed by atoms with E-state index in [-0.39, 0.29) is 18.4 Å². The van der Waals surface area contributed by atoms with Gasteiger partial charge in [0.25, 0.3) is 5.91 Å². The molecular weight excluding hydrogens is 323 g/mol. The van der Waals surface area contributed by atoms with E-state index in [1.807, 2.05) is 6.92 Å². The molecule has 2 N–H and O–H groups in total. The maximum Gasteiger partial charge on any atom is 0.275 e. The maximum absolute atomic E-state index is 12.0. The number of nitrogens with zero attached hydrogens (tertiary/aromatic N) is 2. The normalized spacial score (nSPS) is 16.1. The van der Waals surface area contributed by atoms with Crippen LogP contribution >= 0.6 is 22.6 Å². The monoisotopic (exact) mass is 334 g/mol. The van der Waals surface area contributed by atoms with Gasteiger partial charge in [-0.15, -0.1) is 0 Å². The molecule has 0 aromatic carbocycles. The minimum atomic E-state index is -0.191. The van der Waals surface area contributed by atoms with Gasteiger partial charge in [0.1, 0.15) is 0 Å². The summed E-state index contributed by atoms with van der Waals surface area (Å²) in [5.74, 6) is -0.314. The molecule has 1 saturated heterocycles. The van der Waals surface area contributed by atoms with Crippen LogP contribution in [0, 0.1) is 10.5 Å². The smallest absolute Gasteiger partial charge is 0.275 e. The van der Waals surface area contributed by atoms with Crippen molar-refractivity contribution in [2.24, 2.45) is 0 Å². The molecule has 1 aromatic heterocycles. The lowest BCUT2D eigenvalue weighted by Gasteiger charge is -2.25. The van der Waals surface area contributed by atoms with Crippen molar-refractivity contribution in [1.82, 2.24) is 20.4 Å². The maximum atomic E-state index is 12.0. The van der Waals surface area contributed by atoms with Crippen molar-refractivity contribution in [1.29, 1.82) is 0 Å². The van der Waals surface area contributed by atoms with Gasteiger partial charge in [-0.2, -0.15) is 5.10 Å². The Balaban J connectivity index is 2.18. The van der Waals surface area contributed by atoms with Crippen LogP contribution in [0.4, 0.5) is 0 Å². The van der Waals surface area contributed by atoms with Crippen LogP contribution in [0.3, 0.4) is 0 Å². The Labute approximate surface area is 106 Å². The van der Waals surface area contributed by atoms with E-state index in [1.165, 1.54) is 4.90 Å². The van der Waals surface area contributed by atoms with E-state index in [0.29, 0.717) is 18.8 Å². The number of aromatic amines is 1. The SMILES string of the molecule is Cc1[nH]nc(C(=O)N2CCNC(=O)C2)c1I. The molecule has 16 heavy (non-hydrogen) atoms. The molecule has 2 heterocycles. The summed E-state index contributed by atoms with van der Waals surface area (Å²) in [7, 11) is 0. The Kier molecular flexibility index (Phi) is 3.13. The number of nitrogens with one attached hydrogen (secondary N) is 2. The van der Waals surface area contributed by atoms with E-state index >= 15 is 0 Å². The van der Waals surface area contributed by atoms with Gasteiger partial charge in [0, 0.05) is 18.8 Å². The first-order chi connectivity index (χ1) is 7.59. The fourth-order valence-corrected chi connectivity index (χ4v) is 1.99. The summed E-state index contributed by atoms with van der Waals surface area (Å²) in [5.41, 5.74) is 1.26. The van der Waals surface area contributed by atoms with E-state index in [4.69, 9.17) is 0 Å². The number of H-pyrrole nitrogens is 1. The lowest BCUT2D eigenvalue weighted by atomic mass is 10.3. The first-order valence-corrected chi connectivity index (χ1v) is 5.94. The standard InChI is InChI=1S/C9H11IN4O2/c1-5-7(10)8(13-12-5)9(16)14-3-2-11-6(15)4-14/h2-4H2,1H3,(H,11,15)(H,12,13). The van der Waals surface area contributed by atoms with E-state index < -0.39 is 0 Å². The average Bonchev–Trinajstić information content (AvgIpc) is 2.59. The van der Waals surface area contributed by atoms with E-state index in [2.05, 4.69) is 38.1 Å². The van der Waals surface area contributed by atoms with E-state index in [1.54, 1.807) is 0 Å². The number of carbonyl (C=O) groups excluding carboxylic acids is 2. The van der Waals surface area contributed by atoms with Crippen LogP contribution in [0.25, 0.3) is 0 Å². The zero-order valence-electron chi connectivity index (χ0n) is 8.71. The highest BCUT2D eigenvalue weighted by atomic mass is 127. The van der Waals surface area contributed by atoms with Gasteiger partial charge in [0.15, 0.2) is 5.69 Å². The molecule has 0 saturated carbocycles. The first kappa shape index (κ1) is 11.4. The fraction of sp³-hybridized carbons (Fsp3) is 0.444. The highest BCUT2D eigenvalue weighted by Gasteiger charge is 2.25. The van der Waals surface area contributed by atoms with Gasteiger partial charge < -0.3 is 10.2 Å². The highest BCUT2D eigenvalue weighted by Crippen LogP contribution is 2.15.